The lowest BCUT2D eigenvalue weighted by atomic mass is 9.97. The van der Waals surface area contributed by atoms with Crippen LogP contribution in [0.3, 0.4) is 0 Å². The van der Waals surface area contributed by atoms with Crippen molar-refractivity contribution in [2.24, 2.45) is 0 Å². The fourth-order valence-electron chi connectivity index (χ4n) is 1.87. The summed E-state index contributed by atoms with van der Waals surface area (Å²) >= 11 is 0. The Morgan fingerprint density at radius 3 is 2.29 bits per heavy atom. The van der Waals surface area contributed by atoms with Gasteiger partial charge in [0.1, 0.15) is 0 Å². The Balaban J connectivity index is 2.40. The van der Waals surface area contributed by atoms with Crippen molar-refractivity contribution in [2.75, 3.05) is 12.4 Å². The van der Waals surface area contributed by atoms with Crippen LogP contribution in [0.15, 0.2) is 55.1 Å². The Kier molecular flexibility index (Phi) is 3.29. The van der Waals surface area contributed by atoms with E-state index in [1.807, 2.05) is 19.2 Å². The summed E-state index contributed by atoms with van der Waals surface area (Å²) in [4.78, 5) is 0. The molecule has 0 aliphatic carbocycles. The van der Waals surface area contributed by atoms with Crippen molar-refractivity contribution in [1.82, 2.24) is 0 Å². The van der Waals surface area contributed by atoms with Gasteiger partial charge in [-0.15, -0.1) is 0 Å². The van der Waals surface area contributed by atoms with Crippen molar-refractivity contribution in [3.63, 3.8) is 0 Å². The van der Waals surface area contributed by atoms with Crippen LogP contribution < -0.4 is 5.32 Å². The first-order valence-electron chi connectivity index (χ1n) is 5.75. The summed E-state index contributed by atoms with van der Waals surface area (Å²) in [6.45, 7) is 6.28. The van der Waals surface area contributed by atoms with Crippen molar-refractivity contribution in [3.05, 3.63) is 71.8 Å². The first-order valence-corrected chi connectivity index (χ1v) is 5.75. The number of nitrogens with one attached hydrogen (secondary N) is 1. The highest BCUT2D eigenvalue weighted by Crippen LogP contribution is 2.27. The quantitative estimate of drug-likeness (QED) is 0.826. The number of aryl methyl sites for hydroxylation is 1. The second-order valence-corrected chi connectivity index (χ2v) is 4.14. The van der Waals surface area contributed by atoms with E-state index in [1.165, 1.54) is 11.1 Å². The summed E-state index contributed by atoms with van der Waals surface area (Å²) < 4.78 is 0. The summed E-state index contributed by atoms with van der Waals surface area (Å²) in [5, 5.41) is 3.20. The van der Waals surface area contributed by atoms with Gasteiger partial charge in [0.15, 0.2) is 0 Å². The molecule has 0 spiro atoms. The Bertz CT molecular complexity index is 523. The Morgan fingerprint density at radius 1 is 1.00 bits per heavy atom. The summed E-state index contributed by atoms with van der Waals surface area (Å²) in [7, 11) is 1.93. The van der Waals surface area contributed by atoms with E-state index in [1.54, 1.807) is 0 Å². The number of anilines is 1. The van der Waals surface area contributed by atoms with E-state index >= 15 is 0 Å². The molecule has 2 aromatic carbocycles. The summed E-state index contributed by atoms with van der Waals surface area (Å²) in [6.07, 6.45) is 0. The fraction of sp³-hybridized carbons (Fsp3) is 0.125. The number of hydrogen-bond acceptors (Lipinski definition) is 1. The summed E-state index contributed by atoms with van der Waals surface area (Å²) in [5.41, 5.74) is 5.74. The third-order valence-corrected chi connectivity index (χ3v) is 2.92. The van der Waals surface area contributed by atoms with Gasteiger partial charge in [0.2, 0.25) is 0 Å². The normalized spacial score (nSPS) is 10.0. The maximum Gasteiger partial charge on any atom is 0.0417 e. The largest absolute Gasteiger partial charge is 0.388 e. The van der Waals surface area contributed by atoms with Gasteiger partial charge in [0, 0.05) is 18.3 Å². The average molecular weight is 223 g/mol. The van der Waals surface area contributed by atoms with Gasteiger partial charge in [-0.2, -0.15) is 0 Å². The SMILES string of the molecule is C=C(c1ccc(C)cc1)c1ccccc1NC. The molecule has 0 aliphatic heterocycles. The fourth-order valence-corrected chi connectivity index (χ4v) is 1.87. The molecule has 1 N–H and O–H groups in total. The topological polar surface area (TPSA) is 12.0 Å². The van der Waals surface area contributed by atoms with Crippen LogP contribution in [0.4, 0.5) is 5.69 Å². The maximum atomic E-state index is 4.19. The minimum Gasteiger partial charge on any atom is -0.388 e. The van der Waals surface area contributed by atoms with Crippen LogP contribution in [0, 0.1) is 6.92 Å². The van der Waals surface area contributed by atoms with Gasteiger partial charge in [-0.3, -0.25) is 0 Å². The van der Waals surface area contributed by atoms with Gasteiger partial charge in [-0.25, -0.2) is 0 Å². The molecule has 2 aromatic rings. The standard InChI is InChI=1S/C16H17N/c1-12-8-10-14(11-9-12)13(2)15-6-4-5-7-16(15)17-3/h4-11,17H,2H2,1,3H3. The molecule has 0 atom stereocenters. The molecule has 0 fully saturated rings. The van der Waals surface area contributed by atoms with Crippen molar-refractivity contribution < 1.29 is 0 Å². The minimum absolute atomic E-state index is 1.05. The van der Waals surface area contributed by atoms with Gasteiger partial charge < -0.3 is 5.32 Å². The predicted octanol–water partition coefficient (Wildman–Crippen LogP) is 4.10. The van der Waals surface area contributed by atoms with Crippen molar-refractivity contribution >= 4 is 11.3 Å². The predicted molar refractivity (Wildman–Crippen MR) is 75.3 cm³/mol. The zero-order chi connectivity index (χ0) is 12.3. The molecule has 0 saturated carbocycles. The van der Waals surface area contributed by atoms with Crippen molar-refractivity contribution in [1.29, 1.82) is 0 Å². The molecule has 17 heavy (non-hydrogen) atoms. The molecule has 1 heteroatoms. The maximum absolute atomic E-state index is 4.19. The number of rotatable bonds is 3. The molecular formula is C16H17N. The number of hydrogen-bond donors (Lipinski definition) is 1. The lowest BCUT2D eigenvalue weighted by Crippen LogP contribution is -1.95. The van der Waals surface area contributed by atoms with Gasteiger partial charge in [-0.05, 0) is 24.1 Å². The first kappa shape index (κ1) is 11.5. The molecular weight excluding hydrogens is 206 g/mol. The third-order valence-electron chi connectivity index (χ3n) is 2.92. The van der Waals surface area contributed by atoms with E-state index in [2.05, 4.69) is 55.2 Å². The highest BCUT2D eigenvalue weighted by Gasteiger charge is 2.05. The molecule has 0 aromatic heterocycles. The number of benzene rings is 2. The van der Waals surface area contributed by atoms with E-state index in [-0.39, 0.29) is 0 Å². The summed E-state index contributed by atoms with van der Waals surface area (Å²) in [5.74, 6) is 0. The Hall–Kier alpha value is -2.02. The van der Waals surface area contributed by atoms with Crippen LogP contribution in [0.2, 0.25) is 0 Å². The molecule has 0 unspecified atom stereocenters. The Morgan fingerprint density at radius 2 is 1.65 bits per heavy atom. The summed E-state index contributed by atoms with van der Waals surface area (Å²) in [6, 6.07) is 16.7. The van der Waals surface area contributed by atoms with E-state index in [9.17, 15) is 0 Å². The smallest absolute Gasteiger partial charge is 0.0417 e. The third kappa shape index (κ3) is 2.39. The highest BCUT2D eigenvalue weighted by atomic mass is 14.8. The van der Waals surface area contributed by atoms with Crippen molar-refractivity contribution in [3.8, 4) is 0 Å². The van der Waals surface area contributed by atoms with E-state index in [4.69, 9.17) is 0 Å². The lowest BCUT2D eigenvalue weighted by molar-refractivity contribution is 1.43. The van der Waals surface area contributed by atoms with Crippen molar-refractivity contribution in [2.45, 2.75) is 6.92 Å². The lowest BCUT2D eigenvalue weighted by Gasteiger charge is -2.12. The van der Waals surface area contributed by atoms with E-state index < -0.39 is 0 Å². The monoisotopic (exact) mass is 223 g/mol. The van der Waals surface area contributed by atoms with Crippen LogP contribution in [-0.2, 0) is 0 Å². The number of para-hydroxylation sites is 1. The first-order chi connectivity index (χ1) is 8.22. The second kappa shape index (κ2) is 4.88. The van der Waals surface area contributed by atoms with E-state index in [0.29, 0.717) is 0 Å². The zero-order valence-corrected chi connectivity index (χ0v) is 10.3. The van der Waals surface area contributed by atoms with Gasteiger partial charge in [0.05, 0.1) is 0 Å². The molecule has 0 amide bonds. The average Bonchev–Trinajstić information content (AvgIpc) is 2.39. The highest BCUT2D eigenvalue weighted by molar-refractivity contribution is 5.84. The van der Waals surface area contributed by atoms with Crippen LogP contribution in [0.25, 0.3) is 5.57 Å². The zero-order valence-electron chi connectivity index (χ0n) is 10.3. The minimum atomic E-state index is 1.05. The molecule has 2 rings (SSSR count). The molecule has 0 aliphatic rings. The van der Waals surface area contributed by atoms with Crippen LogP contribution >= 0.6 is 0 Å². The van der Waals surface area contributed by atoms with Gasteiger partial charge in [0.25, 0.3) is 0 Å². The molecule has 86 valence electrons. The van der Waals surface area contributed by atoms with Crippen LogP contribution in [0.5, 0.6) is 0 Å². The van der Waals surface area contributed by atoms with Crippen LogP contribution in [0.1, 0.15) is 16.7 Å². The molecule has 0 radical (unpaired) electrons. The van der Waals surface area contributed by atoms with E-state index in [0.717, 1.165) is 16.8 Å². The molecule has 0 heterocycles. The molecule has 0 bridgehead atoms. The van der Waals surface area contributed by atoms with Gasteiger partial charge in [-0.1, -0.05) is 54.6 Å². The molecule has 0 saturated heterocycles. The second-order valence-electron chi connectivity index (χ2n) is 4.14. The van der Waals surface area contributed by atoms with Gasteiger partial charge >= 0.3 is 0 Å². The van der Waals surface area contributed by atoms with Crippen LogP contribution in [-0.4, -0.2) is 7.05 Å². The molecule has 1 nitrogen and oxygen atoms in total. The Labute approximate surface area is 103 Å².